The Kier molecular flexibility index (Phi) is 3.93. The van der Waals surface area contributed by atoms with Crippen LogP contribution < -0.4 is 5.32 Å². The molecule has 2 unspecified atom stereocenters. The maximum atomic E-state index is 12.2. The first-order valence-corrected chi connectivity index (χ1v) is 7.09. The number of amides is 1. The molecule has 1 heterocycles. The first-order valence-electron chi connectivity index (χ1n) is 7.09. The highest BCUT2D eigenvalue weighted by molar-refractivity contribution is 5.98. The van der Waals surface area contributed by atoms with Crippen LogP contribution in [0.25, 0.3) is 0 Å². The Morgan fingerprint density at radius 2 is 1.76 bits per heavy atom. The van der Waals surface area contributed by atoms with Crippen LogP contribution in [0, 0.1) is 17.3 Å². The molecule has 1 amide bonds. The lowest BCUT2D eigenvalue weighted by Gasteiger charge is -2.07. The predicted molar refractivity (Wildman–Crippen MR) is 75.6 cm³/mol. The number of hydrogen-bond donors (Lipinski definition) is 2. The monoisotopic (exact) mass is 292 g/mol. The molecule has 0 radical (unpaired) electrons. The van der Waals surface area contributed by atoms with Crippen LogP contribution in [0.1, 0.15) is 39.1 Å². The molecule has 114 valence electrons. The quantitative estimate of drug-likeness (QED) is 0.847. The van der Waals surface area contributed by atoms with Crippen LogP contribution >= 0.6 is 0 Å². The fourth-order valence-corrected chi connectivity index (χ4v) is 2.77. The van der Waals surface area contributed by atoms with Crippen molar-refractivity contribution < 1.29 is 14.7 Å². The fraction of sp³-hybridized carbons (Fsp3) is 0.643. The van der Waals surface area contributed by atoms with Gasteiger partial charge >= 0.3 is 5.97 Å². The van der Waals surface area contributed by atoms with Gasteiger partial charge in [-0.15, -0.1) is 10.2 Å². The van der Waals surface area contributed by atoms with Crippen molar-refractivity contribution in [3.8, 4) is 0 Å². The van der Waals surface area contributed by atoms with Gasteiger partial charge in [0.1, 0.15) is 0 Å². The van der Waals surface area contributed by atoms with E-state index < -0.39 is 23.2 Å². The Bertz CT molecular complexity index is 586. The number of carbonyl (C=O) groups excluding carboxylic acids is 1. The van der Waals surface area contributed by atoms with E-state index in [1.165, 1.54) is 0 Å². The lowest BCUT2D eigenvalue weighted by atomic mass is 10.1. The van der Waals surface area contributed by atoms with E-state index in [-0.39, 0.29) is 11.9 Å². The first-order chi connectivity index (χ1) is 9.82. The van der Waals surface area contributed by atoms with E-state index in [0.717, 1.165) is 17.8 Å². The van der Waals surface area contributed by atoms with Gasteiger partial charge in [-0.2, -0.15) is 0 Å². The molecule has 7 heteroatoms. The lowest BCUT2D eigenvalue weighted by molar-refractivity contribution is -0.140. The molecule has 1 saturated carbocycles. The number of aryl methyl sites for hydroxylation is 2. The second kappa shape index (κ2) is 5.38. The molecule has 2 N–H and O–H groups in total. The minimum Gasteiger partial charge on any atom is -0.481 e. The molecule has 0 bridgehead atoms. The highest BCUT2D eigenvalue weighted by Crippen LogP contribution is 2.58. The largest absolute Gasteiger partial charge is 0.481 e. The molecule has 1 aromatic rings. The molecule has 21 heavy (non-hydrogen) atoms. The van der Waals surface area contributed by atoms with Crippen molar-refractivity contribution in [1.29, 1.82) is 0 Å². The molecule has 1 aromatic heterocycles. The van der Waals surface area contributed by atoms with E-state index in [0.29, 0.717) is 6.42 Å². The summed E-state index contributed by atoms with van der Waals surface area (Å²) < 4.78 is 0. The van der Waals surface area contributed by atoms with Gasteiger partial charge in [0.25, 0.3) is 0 Å². The number of nitrogens with zero attached hydrogens (tertiary/aromatic N) is 3. The SMILES string of the molecule is CCc1nnc(NC(=O)C2C(C(=O)O)C2(C)C)nc1CC. The summed E-state index contributed by atoms with van der Waals surface area (Å²) in [7, 11) is 0. The van der Waals surface area contributed by atoms with Crippen LogP contribution in [0.2, 0.25) is 0 Å². The summed E-state index contributed by atoms with van der Waals surface area (Å²) in [4.78, 5) is 27.6. The number of rotatable bonds is 5. The van der Waals surface area contributed by atoms with E-state index in [1.54, 1.807) is 13.8 Å². The molecule has 2 atom stereocenters. The van der Waals surface area contributed by atoms with Gasteiger partial charge in [0.05, 0.1) is 23.2 Å². The van der Waals surface area contributed by atoms with E-state index in [9.17, 15) is 9.59 Å². The summed E-state index contributed by atoms with van der Waals surface area (Å²) in [5.41, 5.74) is 1.07. The van der Waals surface area contributed by atoms with Crippen molar-refractivity contribution in [2.24, 2.45) is 17.3 Å². The zero-order valence-electron chi connectivity index (χ0n) is 12.7. The Labute approximate surface area is 123 Å². The number of carboxylic acid groups (broad SMARTS) is 1. The molecule has 7 nitrogen and oxygen atoms in total. The van der Waals surface area contributed by atoms with Crippen molar-refractivity contribution in [2.45, 2.75) is 40.5 Å². The van der Waals surface area contributed by atoms with Crippen LogP contribution in [0.5, 0.6) is 0 Å². The third-order valence-electron chi connectivity index (χ3n) is 4.12. The molecular weight excluding hydrogens is 272 g/mol. The van der Waals surface area contributed by atoms with Gasteiger partial charge in [-0.25, -0.2) is 4.98 Å². The molecule has 1 aliphatic rings. The third-order valence-corrected chi connectivity index (χ3v) is 4.12. The minimum absolute atomic E-state index is 0.140. The number of carbonyl (C=O) groups is 2. The van der Waals surface area contributed by atoms with Crippen molar-refractivity contribution in [2.75, 3.05) is 5.32 Å². The molecule has 0 aliphatic heterocycles. The molecule has 0 spiro atoms. The number of aromatic nitrogens is 3. The van der Waals surface area contributed by atoms with Gasteiger partial charge < -0.3 is 5.11 Å². The van der Waals surface area contributed by atoms with Gasteiger partial charge in [0.2, 0.25) is 11.9 Å². The normalized spacial score (nSPS) is 22.7. The van der Waals surface area contributed by atoms with Gasteiger partial charge in [-0.05, 0) is 18.3 Å². The predicted octanol–water partition coefficient (Wildman–Crippen LogP) is 1.29. The fourth-order valence-electron chi connectivity index (χ4n) is 2.77. The second-order valence-corrected chi connectivity index (χ2v) is 5.84. The van der Waals surface area contributed by atoms with Crippen LogP contribution in [0.4, 0.5) is 5.95 Å². The Morgan fingerprint density at radius 1 is 1.14 bits per heavy atom. The van der Waals surface area contributed by atoms with Crippen LogP contribution in [0.3, 0.4) is 0 Å². The average Bonchev–Trinajstić information content (AvgIpc) is 3.01. The average molecular weight is 292 g/mol. The maximum absolute atomic E-state index is 12.2. The summed E-state index contributed by atoms with van der Waals surface area (Å²) >= 11 is 0. The van der Waals surface area contributed by atoms with E-state index in [2.05, 4.69) is 20.5 Å². The van der Waals surface area contributed by atoms with E-state index >= 15 is 0 Å². The number of hydrogen-bond acceptors (Lipinski definition) is 5. The highest BCUT2D eigenvalue weighted by Gasteiger charge is 2.66. The Hall–Kier alpha value is -2.05. The number of aliphatic carboxylic acids is 1. The number of anilines is 1. The summed E-state index contributed by atoms with van der Waals surface area (Å²) in [6.07, 6.45) is 1.43. The van der Waals surface area contributed by atoms with E-state index in [4.69, 9.17) is 5.11 Å². The molecule has 2 rings (SSSR count). The number of carboxylic acids is 1. The third kappa shape index (κ3) is 2.72. The Morgan fingerprint density at radius 3 is 2.24 bits per heavy atom. The molecule has 1 aliphatic carbocycles. The minimum atomic E-state index is -0.949. The molecule has 0 aromatic carbocycles. The number of nitrogens with one attached hydrogen (secondary N) is 1. The van der Waals surface area contributed by atoms with Gasteiger partial charge in [-0.3, -0.25) is 14.9 Å². The van der Waals surface area contributed by atoms with Crippen molar-refractivity contribution in [3.63, 3.8) is 0 Å². The van der Waals surface area contributed by atoms with Gasteiger partial charge in [0.15, 0.2) is 0 Å². The van der Waals surface area contributed by atoms with Gasteiger partial charge in [-0.1, -0.05) is 27.7 Å². The second-order valence-electron chi connectivity index (χ2n) is 5.84. The summed E-state index contributed by atoms with van der Waals surface area (Å²) in [6, 6.07) is 0. The smallest absolute Gasteiger partial charge is 0.307 e. The zero-order chi connectivity index (χ0) is 15.8. The maximum Gasteiger partial charge on any atom is 0.307 e. The zero-order valence-corrected chi connectivity index (χ0v) is 12.7. The topological polar surface area (TPSA) is 105 Å². The molecule has 1 fully saturated rings. The van der Waals surface area contributed by atoms with Crippen LogP contribution in [-0.2, 0) is 22.4 Å². The van der Waals surface area contributed by atoms with Gasteiger partial charge in [0, 0.05) is 0 Å². The van der Waals surface area contributed by atoms with Crippen molar-refractivity contribution >= 4 is 17.8 Å². The summed E-state index contributed by atoms with van der Waals surface area (Å²) in [6.45, 7) is 7.46. The van der Waals surface area contributed by atoms with Crippen LogP contribution in [-0.4, -0.2) is 32.2 Å². The first kappa shape index (κ1) is 15.3. The van der Waals surface area contributed by atoms with Crippen LogP contribution in [0.15, 0.2) is 0 Å². The standard InChI is InChI=1S/C14H20N4O3/c1-5-7-8(6-2)17-18-13(15-7)16-11(19)9-10(12(20)21)14(9,3)4/h9-10H,5-6H2,1-4H3,(H,20,21)(H,15,16,18,19). The Balaban J connectivity index is 2.13. The van der Waals surface area contributed by atoms with E-state index in [1.807, 2.05) is 13.8 Å². The molecule has 0 saturated heterocycles. The lowest BCUT2D eigenvalue weighted by Crippen LogP contribution is -2.20. The van der Waals surface area contributed by atoms with Crippen molar-refractivity contribution in [1.82, 2.24) is 15.2 Å². The van der Waals surface area contributed by atoms with Crippen molar-refractivity contribution in [3.05, 3.63) is 11.4 Å². The summed E-state index contributed by atoms with van der Waals surface area (Å²) in [5.74, 6) is -2.39. The highest BCUT2D eigenvalue weighted by atomic mass is 16.4. The summed E-state index contributed by atoms with van der Waals surface area (Å²) in [5, 5.41) is 19.6. The molecular formula is C14H20N4O3.